The second-order valence-corrected chi connectivity index (χ2v) is 6.09. The van der Waals surface area contributed by atoms with Crippen LogP contribution in [-0.2, 0) is 10.0 Å². The summed E-state index contributed by atoms with van der Waals surface area (Å²) >= 11 is 0. The van der Waals surface area contributed by atoms with Gasteiger partial charge in [0, 0.05) is 18.3 Å². The molecular weight excluding hydrogens is 257 g/mol. The van der Waals surface area contributed by atoms with E-state index in [0.717, 1.165) is 12.1 Å². The Balaban J connectivity index is 2.87. The monoisotopic (exact) mass is 275 g/mol. The summed E-state index contributed by atoms with van der Waals surface area (Å²) in [5.41, 5.74) is 5.56. The second-order valence-electron chi connectivity index (χ2n) is 4.35. The minimum Gasteiger partial charge on any atom is -0.399 e. The minimum atomic E-state index is -3.84. The molecular formula is C11H18FN3O2S. The van der Waals surface area contributed by atoms with Crippen molar-refractivity contribution in [3.05, 3.63) is 24.0 Å². The Morgan fingerprint density at radius 2 is 2.06 bits per heavy atom. The van der Waals surface area contributed by atoms with Gasteiger partial charge in [0.25, 0.3) is 0 Å². The highest BCUT2D eigenvalue weighted by atomic mass is 32.2. The maximum absolute atomic E-state index is 13.5. The molecule has 0 aliphatic heterocycles. The molecule has 0 radical (unpaired) electrons. The first-order valence-corrected chi connectivity index (χ1v) is 6.93. The Bertz CT molecular complexity index is 517. The molecule has 0 saturated heterocycles. The third-order valence-corrected chi connectivity index (χ3v) is 4.15. The SMILES string of the molecule is CC(CNS(=O)(=O)c1ccc(N)cc1F)N(C)C. The zero-order valence-electron chi connectivity index (χ0n) is 10.6. The van der Waals surface area contributed by atoms with E-state index in [1.54, 1.807) is 0 Å². The van der Waals surface area contributed by atoms with E-state index in [-0.39, 0.29) is 23.2 Å². The number of nitrogens with one attached hydrogen (secondary N) is 1. The number of hydrogen-bond acceptors (Lipinski definition) is 4. The molecule has 0 heterocycles. The molecule has 5 nitrogen and oxygen atoms in total. The van der Waals surface area contributed by atoms with Gasteiger partial charge in [0.1, 0.15) is 10.7 Å². The topological polar surface area (TPSA) is 75.4 Å². The van der Waals surface area contributed by atoms with Gasteiger partial charge < -0.3 is 10.6 Å². The molecule has 1 atom stereocenters. The first kappa shape index (κ1) is 14.9. The molecule has 0 aliphatic carbocycles. The van der Waals surface area contributed by atoms with Crippen LogP contribution in [0.15, 0.2) is 23.1 Å². The molecule has 1 aromatic carbocycles. The lowest BCUT2D eigenvalue weighted by Crippen LogP contribution is -2.38. The van der Waals surface area contributed by atoms with E-state index in [1.807, 2.05) is 25.9 Å². The van der Waals surface area contributed by atoms with E-state index >= 15 is 0 Å². The van der Waals surface area contributed by atoms with Crippen LogP contribution >= 0.6 is 0 Å². The van der Waals surface area contributed by atoms with E-state index in [4.69, 9.17) is 5.73 Å². The molecule has 3 N–H and O–H groups in total. The molecule has 0 aromatic heterocycles. The van der Waals surface area contributed by atoms with Crippen molar-refractivity contribution in [1.82, 2.24) is 9.62 Å². The second kappa shape index (κ2) is 5.64. The molecule has 0 saturated carbocycles. The van der Waals surface area contributed by atoms with Crippen LogP contribution in [0.3, 0.4) is 0 Å². The largest absolute Gasteiger partial charge is 0.399 e. The van der Waals surface area contributed by atoms with E-state index in [2.05, 4.69) is 4.72 Å². The quantitative estimate of drug-likeness (QED) is 0.773. The lowest BCUT2D eigenvalue weighted by molar-refractivity contribution is 0.313. The van der Waals surface area contributed by atoms with Crippen LogP contribution in [0.1, 0.15) is 6.92 Å². The fraction of sp³-hybridized carbons (Fsp3) is 0.455. The normalized spacial score (nSPS) is 13.8. The van der Waals surface area contributed by atoms with Crippen LogP contribution < -0.4 is 10.5 Å². The average molecular weight is 275 g/mol. The number of nitrogens with two attached hydrogens (primary N) is 1. The van der Waals surface area contributed by atoms with Gasteiger partial charge in [0.15, 0.2) is 0 Å². The molecule has 1 aromatic rings. The van der Waals surface area contributed by atoms with E-state index in [0.29, 0.717) is 0 Å². The predicted octanol–water partition coefficient (Wildman–Crippen LogP) is 0.636. The van der Waals surface area contributed by atoms with E-state index in [9.17, 15) is 12.8 Å². The van der Waals surface area contributed by atoms with Crippen LogP contribution in [0.2, 0.25) is 0 Å². The summed E-state index contributed by atoms with van der Waals surface area (Å²) in [5.74, 6) is -0.847. The first-order valence-electron chi connectivity index (χ1n) is 5.45. The molecule has 0 fully saturated rings. The number of anilines is 1. The Morgan fingerprint density at radius 1 is 1.44 bits per heavy atom. The minimum absolute atomic E-state index is 0.0108. The molecule has 0 aliphatic rings. The molecule has 0 bridgehead atoms. The van der Waals surface area contributed by atoms with Gasteiger partial charge in [0.05, 0.1) is 0 Å². The van der Waals surface area contributed by atoms with Crippen molar-refractivity contribution in [2.24, 2.45) is 0 Å². The van der Waals surface area contributed by atoms with E-state index < -0.39 is 15.8 Å². The van der Waals surface area contributed by atoms with Crippen molar-refractivity contribution in [1.29, 1.82) is 0 Å². The molecule has 18 heavy (non-hydrogen) atoms. The van der Waals surface area contributed by atoms with Crippen LogP contribution in [0.5, 0.6) is 0 Å². The van der Waals surface area contributed by atoms with Gasteiger partial charge in [-0.1, -0.05) is 0 Å². The van der Waals surface area contributed by atoms with Crippen molar-refractivity contribution < 1.29 is 12.8 Å². The van der Waals surface area contributed by atoms with Gasteiger partial charge in [-0.15, -0.1) is 0 Å². The number of nitrogen functional groups attached to an aromatic ring is 1. The Hall–Kier alpha value is -1.18. The maximum Gasteiger partial charge on any atom is 0.243 e. The van der Waals surface area contributed by atoms with Crippen LogP contribution in [0, 0.1) is 5.82 Å². The molecule has 1 rings (SSSR count). The van der Waals surface area contributed by atoms with Gasteiger partial charge in [-0.2, -0.15) is 0 Å². The third kappa shape index (κ3) is 3.66. The molecule has 1 unspecified atom stereocenters. The summed E-state index contributed by atoms with van der Waals surface area (Å²) < 4.78 is 39.6. The lowest BCUT2D eigenvalue weighted by Gasteiger charge is -2.20. The highest BCUT2D eigenvalue weighted by Gasteiger charge is 2.19. The summed E-state index contributed by atoms with van der Waals surface area (Å²) in [4.78, 5) is 1.48. The Morgan fingerprint density at radius 3 is 2.56 bits per heavy atom. The van der Waals surface area contributed by atoms with Crippen molar-refractivity contribution in [2.75, 3.05) is 26.4 Å². The first-order chi connectivity index (χ1) is 8.24. The molecule has 0 spiro atoms. The van der Waals surface area contributed by atoms with Crippen LogP contribution in [0.4, 0.5) is 10.1 Å². The number of halogens is 1. The summed E-state index contributed by atoms with van der Waals surface area (Å²) in [5, 5.41) is 0. The summed E-state index contributed by atoms with van der Waals surface area (Å²) in [6, 6.07) is 3.52. The fourth-order valence-corrected chi connectivity index (χ4v) is 2.40. The molecule has 0 amide bonds. The van der Waals surface area contributed by atoms with Crippen LogP contribution in [0.25, 0.3) is 0 Å². The lowest BCUT2D eigenvalue weighted by atomic mass is 10.3. The van der Waals surface area contributed by atoms with Crippen molar-refractivity contribution in [2.45, 2.75) is 17.9 Å². The van der Waals surface area contributed by atoms with Gasteiger partial charge in [0.2, 0.25) is 10.0 Å². The standard InChI is InChI=1S/C11H18FN3O2S/c1-8(15(2)3)7-14-18(16,17)11-5-4-9(13)6-10(11)12/h4-6,8,14H,7,13H2,1-3H3. The van der Waals surface area contributed by atoms with Gasteiger partial charge in [-0.3, -0.25) is 0 Å². The number of nitrogens with zero attached hydrogens (tertiary/aromatic N) is 1. The number of sulfonamides is 1. The maximum atomic E-state index is 13.5. The summed E-state index contributed by atoms with van der Waals surface area (Å²) in [6.07, 6.45) is 0. The highest BCUT2D eigenvalue weighted by Crippen LogP contribution is 2.16. The van der Waals surface area contributed by atoms with Crippen LogP contribution in [-0.4, -0.2) is 40.0 Å². The highest BCUT2D eigenvalue weighted by molar-refractivity contribution is 7.89. The van der Waals surface area contributed by atoms with E-state index in [1.165, 1.54) is 6.07 Å². The fourth-order valence-electron chi connectivity index (χ4n) is 1.23. The zero-order valence-corrected chi connectivity index (χ0v) is 11.5. The smallest absolute Gasteiger partial charge is 0.243 e. The number of likely N-dealkylation sites (N-methyl/N-ethyl adjacent to an activating group) is 1. The van der Waals surface area contributed by atoms with Gasteiger partial charge >= 0.3 is 0 Å². The number of rotatable bonds is 5. The predicted molar refractivity (Wildman–Crippen MR) is 69.1 cm³/mol. The molecule has 102 valence electrons. The van der Waals surface area contributed by atoms with Crippen molar-refractivity contribution in [3.63, 3.8) is 0 Å². The van der Waals surface area contributed by atoms with Gasteiger partial charge in [-0.25, -0.2) is 17.5 Å². The number of benzene rings is 1. The average Bonchev–Trinajstić information content (AvgIpc) is 2.25. The Kier molecular flexibility index (Phi) is 4.66. The third-order valence-electron chi connectivity index (χ3n) is 2.70. The summed E-state index contributed by atoms with van der Waals surface area (Å²) in [6.45, 7) is 2.07. The Labute approximate surface area is 107 Å². The van der Waals surface area contributed by atoms with Crippen molar-refractivity contribution in [3.8, 4) is 0 Å². The molecule has 7 heteroatoms. The number of hydrogen-bond donors (Lipinski definition) is 2. The summed E-state index contributed by atoms with van der Waals surface area (Å²) in [7, 11) is -0.171. The zero-order chi connectivity index (χ0) is 13.9. The van der Waals surface area contributed by atoms with Crippen molar-refractivity contribution >= 4 is 15.7 Å². The van der Waals surface area contributed by atoms with Gasteiger partial charge in [-0.05, 0) is 39.2 Å².